The molecule has 0 atom stereocenters. The highest BCUT2D eigenvalue weighted by molar-refractivity contribution is 5.81. The van der Waals surface area contributed by atoms with Crippen LogP contribution in [0, 0.1) is 5.41 Å². The van der Waals surface area contributed by atoms with Gasteiger partial charge in [0.05, 0.1) is 0 Å². The quantitative estimate of drug-likeness (QED) is 0.827. The summed E-state index contributed by atoms with van der Waals surface area (Å²) in [5.41, 5.74) is 1.52. The molecule has 0 aliphatic carbocycles. The zero-order valence-corrected chi connectivity index (χ0v) is 9.74. The van der Waals surface area contributed by atoms with Gasteiger partial charge >= 0.3 is 6.36 Å². The van der Waals surface area contributed by atoms with E-state index in [1.807, 2.05) is 0 Å². The molecule has 0 saturated carbocycles. The molecule has 0 heterocycles. The summed E-state index contributed by atoms with van der Waals surface area (Å²) < 4.78 is 41.0. The van der Waals surface area contributed by atoms with E-state index < -0.39 is 6.36 Å². The van der Waals surface area contributed by atoms with Crippen molar-refractivity contribution in [1.82, 2.24) is 0 Å². The SMILES string of the molecule is N=Cc1cccc(-c2ccccc2OC(F)(F)F)c1. The molecular weight excluding hydrogens is 255 g/mol. The van der Waals surface area contributed by atoms with E-state index in [-0.39, 0.29) is 5.75 Å². The Morgan fingerprint density at radius 2 is 1.74 bits per heavy atom. The van der Waals surface area contributed by atoms with E-state index in [1.165, 1.54) is 12.1 Å². The molecule has 2 aromatic carbocycles. The zero-order valence-electron chi connectivity index (χ0n) is 9.74. The van der Waals surface area contributed by atoms with Gasteiger partial charge in [-0.25, -0.2) is 0 Å². The minimum absolute atomic E-state index is 0.253. The van der Waals surface area contributed by atoms with Crippen molar-refractivity contribution < 1.29 is 17.9 Å². The van der Waals surface area contributed by atoms with Crippen LogP contribution in [0.2, 0.25) is 0 Å². The molecule has 0 radical (unpaired) electrons. The highest BCUT2D eigenvalue weighted by Gasteiger charge is 2.32. The summed E-state index contributed by atoms with van der Waals surface area (Å²) in [6, 6.07) is 12.6. The number of halogens is 3. The third kappa shape index (κ3) is 3.34. The lowest BCUT2D eigenvalue weighted by Gasteiger charge is -2.13. The molecule has 2 nitrogen and oxygen atoms in total. The van der Waals surface area contributed by atoms with Crippen molar-refractivity contribution in [2.75, 3.05) is 0 Å². The molecule has 0 saturated heterocycles. The number of nitrogens with one attached hydrogen (secondary N) is 1. The fourth-order valence-electron chi connectivity index (χ4n) is 1.71. The third-order valence-corrected chi connectivity index (χ3v) is 2.48. The Kier molecular flexibility index (Phi) is 3.55. The molecule has 19 heavy (non-hydrogen) atoms. The lowest BCUT2D eigenvalue weighted by atomic mass is 10.0. The number of hydrogen-bond donors (Lipinski definition) is 1. The van der Waals surface area contributed by atoms with Crippen molar-refractivity contribution in [2.24, 2.45) is 0 Å². The average molecular weight is 265 g/mol. The Hall–Kier alpha value is -2.30. The minimum Gasteiger partial charge on any atom is -0.405 e. The first-order valence-electron chi connectivity index (χ1n) is 5.45. The van der Waals surface area contributed by atoms with E-state index in [0.29, 0.717) is 16.7 Å². The largest absolute Gasteiger partial charge is 0.573 e. The first-order valence-corrected chi connectivity index (χ1v) is 5.45. The first kappa shape index (κ1) is 13.1. The summed E-state index contributed by atoms with van der Waals surface area (Å²) in [4.78, 5) is 0. The summed E-state index contributed by atoms with van der Waals surface area (Å²) in [6.07, 6.45) is -3.59. The lowest BCUT2D eigenvalue weighted by molar-refractivity contribution is -0.274. The van der Waals surface area contributed by atoms with E-state index in [9.17, 15) is 13.2 Å². The molecule has 0 spiro atoms. The Bertz CT molecular complexity index is 593. The molecule has 0 aliphatic rings. The van der Waals surface area contributed by atoms with Gasteiger partial charge < -0.3 is 10.1 Å². The Morgan fingerprint density at radius 1 is 1.00 bits per heavy atom. The third-order valence-electron chi connectivity index (χ3n) is 2.48. The minimum atomic E-state index is -4.73. The molecule has 0 amide bonds. The van der Waals surface area contributed by atoms with Crippen LogP contribution in [0.3, 0.4) is 0 Å². The fraction of sp³-hybridized carbons (Fsp3) is 0.0714. The molecule has 98 valence electrons. The molecule has 5 heteroatoms. The van der Waals surface area contributed by atoms with Crippen LogP contribution in [0.4, 0.5) is 13.2 Å². The van der Waals surface area contributed by atoms with Gasteiger partial charge in [0.15, 0.2) is 0 Å². The van der Waals surface area contributed by atoms with Crippen molar-refractivity contribution in [1.29, 1.82) is 5.41 Å². The number of ether oxygens (including phenoxy) is 1. The maximum atomic E-state index is 12.3. The van der Waals surface area contributed by atoms with E-state index in [4.69, 9.17) is 5.41 Å². The molecule has 0 aliphatic heterocycles. The monoisotopic (exact) mass is 265 g/mol. The number of alkyl halides is 3. The Morgan fingerprint density at radius 3 is 2.42 bits per heavy atom. The normalized spacial score (nSPS) is 11.1. The van der Waals surface area contributed by atoms with Crippen LogP contribution in [0.25, 0.3) is 11.1 Å². The van der Waals surface area contributed by atoms with Gasteiger partial charge in [-0.2, -0.15) is 0 Å². The van der Waals surface area contributed by atoms with E-state index in [1.54, 1.807) is 36.4 Å². The standard InChI is InChI=1S/C14H10F3NO/c15-14(16,17)19-13-7-2-1-6-12(13)11-5-3-4-10(8-11)9-18/h1-9,18H. The van der Waals surface area contributed by atoms with Gasteiger partial charge in [0.2, 0.25) is 0 Å². The second kappa shape index (κ2) is 5.14. The molecule has 0 aromatic heterocycles. The van der Waals surface area contributed by atoms with Crippen LogP contribution < -0.4 is 4.74 Å². The zero-order chi connectivity index (χ0) is 13.9. The average Bonchev–Trinajstić information content (AvgIpc) is 2.37. The predicted molar refractivity (Wildman–Crippen MR) is 66.4 cm³/mol. The van der Waals surface area contributed by atoms with Crippen molar-refractivity contribution in [3.05, 3.63) is 54.1 Å². The van der Waals surface area contributed by atoms with Gasteiger partial charge in [0, 0.05) is 11.8 Å². The summed E-state index contributed by atoms with van der Waals surface area (Å²) in [6.45, 7) is 0. The van der Waals surface area contributed by atoms with Gasteiger partial charge in [-0.1, -0.05) is 36.4 Å². The molecule has 0 fully saturated rings. The fourth-order valence-corrected chi connectivity index (χ4v) is 1.71. The summed E-state index contributed by atoms with van der Waals surface area (Å²) >= 11 is 0. The van der Waals surface area contributed by atoms with E-state index in [2.05, 4.69) is 4.74 Å². The number of rotatable bonds is 3. The highest BCUT2D eigenvalue weighted by Crippen LogP contribution is 2.33. The molecule has 2 rings (SSSR count). The molecule has 0 unspecified atom stereocenters. The van der Waals surface area contributed by atoms with Crippen LogP contribution in [0.1, 0.15) is 5.56 Å². The van der Waals surface area contributed by atoms with Gasteiger partial charge in [0.1, 0.15) is 5.75 Å². The molecule has 1 N–H and O–H groups in total. The second-order valence-electron chi connectivity index (χ2n) is 3.81. The van der Waals surface area contributed by atoms with Crippen LogP contribution in [0.15, 0.2) is 48.5 Å². The number of hydrogen-bond acceptors (Lipinski definition) is 2. The molecule has 0 bridgehead atoms. The van der Waals surface area contributed by atoms with Crippen molar-refractivity contribution >= 4 is 6.21 Å². The Labute approximate surface area is 108 Å². The Balaban J connectivity index is 2.46. The maximum absolute atomic E-state index is 12.3. The topological polar surface area (TPSA) is 33.1 Å². The van der Waals surface area contributed by atoms with Gasteiger partial charge in [-0.15, -0.1) is 13.2 Å². The highest BCUT2D eigenvalue weighted by atomic mass is 19.4. The predicted octanol–water partition coefficient (Wildman–Crippen LogP) is 4.25. The summed E-state index contributed by atoms with van der Waals surface area (Å²) in [5, 5.41) is 7.16. The summed E-state index contributed by atoms with van der Waals surface area (Å²) in [5.74, 6) is -0.253. The smallest absolute Gasteiger partial charge is 0.405 e. The van der Waals surface area contributed by atoms with Gasteiger partial charge in [-0.05, 0) is 23.3 Å². The number of benzene rings is 2. The van der Waals surface area contributed by atoms with Crippen molar-refractivity contribution in [3.63, 3.8) is 0 Å². The van der Waals surface area contributed by atoms with Crippen LogP contribution in [-0.4, -0.2) is 12.6 Å². The molecule has 2 aromatic rings. The van der Waals surface area contributed by atoms with Crippen LogP contribution >= 0.6 is 0 Å². The second-order valence-corrected chi connectivity index (χ2v) is 3.81. The van der Waals surface area contributed by atoms with Crippen LogP contribution in [0.5, 0.6) is 5.75 Å². The van der Waals surface area contributed by atoms with Crippen molar-refractivity contribution in [2.45, 2.75) is 6.36 Å². The summed E-state index contributed by atoms with van der Waals surface area (Å²) in [7, 11) is 0. The molecular formula is C14H10F3NO. The van der Waals surface area contributed by atoms with Gasteiger partial charge in [-0.3, -0.25) is 0 Å². The van der Waals surface area contributed by atoms with Crippen LogP contribution in [-0.2, 0) is 0 Å². The maximum Gasteiger partial charge on any atom is 0.573 e. The van der Waals surface area contributed by atoms with Crippen molar-refractivity contribution in [3.8, 4) is 16.9 Å². The lowest BCUT2D eigenvalue weighted by Crippen LogP contribution is -2.17. The number of para-hydroxylation sites is 1. The van der Waals surface area contributed by atoms with E-state index in [0.717, 1.165) is 6.21 Å². The van der Waals surface area contributed by atoms with E-state index >= 15 is 0 Å². The first-order chi connectivity index (χ1) is 8.99. The van der Waals surface area contributed by atoms with Gasteiger partial charge in [0.25, 0.3) is 0 Å².